The van der Waals surface area contributed by atoms with Gasteiger partial charge in [-0.05, 0) is 20.8 Å². The Labute approximate surface area is 83.6 Å². The van der Waals surface area contributed by atoms with E-state index in [1.54, 1.807) is 6.92 Å². The van der Waals surface area contributed by atoms with Crippen LogP contribution in [0.5, 0.6) is 0 Å². The Morgan fingerprint density at radius 1 is 1.64 bits per heavy atom. The first-order chi connectivity index (χ1) is 6.46. The first kappa shape index (κ1) is 11.2. The van der Waals surface area contributed by atoms with E-state index in [9.17, 15) is 9.59 Å². The van der Waals surface area contributed by atoms with Crippen LogP contribution in [0.15, 0.2) is 0 Å². The van der Waals surface area contributed by atoms with Crippen LogP contribution in [0.3, 0.4) is 0 Å². The molecule has 1 saturated heterocycles. The standard InChI is InChI=1S/C10H16O4/c1-4-13-9(12)7-6-14-10(2,3)5-8(7)11/h7H,4-6H2,1-3H3/t7-/m1/s1. The molecule has 0 amide bonds. The Hall–Kier alpha value is -0.900. The van der Waals surface area contributed by atoms with Crippen LogP contribution in [0, 0.1) is 5.92 Å². The zero-order valence-corrected chi connectivity index (χ0v) is 8.83. The lowest BCUT2D eigenvalue weighted by Gasteiger charge is -2.32. The zero-order chi connectivity index (χ0) is 10.8. The molecule has 4 nitrogen and oxygen atoms in total. The lowest BCUT2D eigenvalue weighted by atomic mass is 9.90. The molecule has 0 aromatic carbocycles. The van der Waals surface area contributed by atoms with E-state index in [1.165, 1.54) is 0 Å². The molecule has 0 N–H and O–H groups in total. The highest BCUT2D eigenvalue weighted by Crippen LogP contribution is 2.25. The van der Waals surface area contributed by atoms with Crippen molar-refractivity contribution in [3.8, 4) is 0 Å². The van der Waals surface area contributed by atoms with Crippen LogP contribution in [0.4, 0.5) is 0 Å². The zero-order valence-electron chi connectivity index (χ0n) is 8.83. The summed E-state index contributed by atoms with van der Waals surface area (Å²) in [5.74, 6) is -1.27. The molecule has 0 aromatic heterocycles. The number of rotatable bonds is 2. The molecule has 0 aromatic rings. The maximum Gasteiger partial charge on any atom is 0.318 e. The van der Waals surface area contributed by atoms with Gasteiger partial charge in [0.2, 0.25) is 0 Å². The van der Waals surface area contributed by atoms with E-state index < -0.39 is 17.5 Å². The van der Waals surface area contributed by atoms with E-state index in [2.05, 4.69) is 0 Å². The minimum Gasteiger partial charge on any atom is -0.465 e. The predicted molar refractivity (Wildman–Crippen MR) is 49.8 cm³/mol. The Bertz CT molecular complexity index is 245. The maximum absolute atomic E-state index is 11.5. The summed E-state index contributed by atoms with van der Waals surface area (Å²) in [6.45, 7) is 5.84. The smallest absolute Gasteiger partial charge is 0.318 e. The summed E-state index contributed by atoms with van der Waals surface area (Å²) < 4.78 is 10.2. The number of carbonyl (C=O) groups excluding carboxylic acids is 2. The van der Waals surface area contributed by atoms with E-state index in [0.717, 1.165) is 0 Å². The van der Waals surface area contributed by atoms with Gasteiger partial charge in [-0.15, -0.1) is 0 Å². The minimum atomic E-state index is -0.719. The number of carbonyl (C=O) groups is 2. The molecule has 0 saturated carbocycles. The minimum absolute atomic E-state index is 0.0836. The van der Waals surface area contributed by atoms with E-state index in [0.29, 0.717) is 6.61 Å². The molecule has 80 valence electrons. The average molecular weight is 200 g/mol. The Morgan fingerprint density at radius 2 is 2.29 bits per heavy atom. The van der Waals surface area contributed by atoms with Crippen molar-refractivity contribution >= 4 is 11.8 Å². The molecule has 0 radical (unpaired) electrons. The largest absolute Gasteiger partial charge is 0.465 e. The lowest BCUT2D eigenvalue weighted by molar-refractivity contribution is -0.165. The highest BCUT2D eigenvalue weighted by molar-refractivity contribution is 6.00. The number of Topliss-reactive ketones (excluding diaryl/α,β-unsaturated/α-hetero) is 1. The van der Waals surface area contributed by atoms with Gasteiger partial charge in [0.05, 0.1) is 18.8 Å². The summed E-state index contributed by atoms with van der Waals surface area (Å²) in [4.78, 5) is 22.8. The number of ether oxygens (including phenoxy) is 2. The molecular formula is C10H16O4. The van der Waals surface area contributed by atoms with Gasteiger partial charge in [-0.2, -0.15) is 0 Å². The van der Waals surface area contributed by atoms with Gasteiger partial charge in [0.25, 0.3) is 0 Å². The second kappa shape index (κ2) is 4.09. The van der Waals surface area contributed by atoms with Gasteiger partial charge in [0.1, 0.15) is 5.92 Å². The first-order valence-corrected chi connectivity index (χ1v) is 4.79. The third kappa shape index (κ3) is 2.54. The van der Waals surface area contributed by atoms with Crippen LogP contribution in [-0.4, -0.2) is 30.6 Å². The van der Waals surface area contributed by atoms with Crippen molar-refractivity contribution in [2.45, 2.75) is 32.8 Å². The van der Waals surface area contributed by atoms with Crippen LogP contribution < -0.4 is 0 Å². The Morgan fingerprint density at radius 3 is 2.79 bits per heavy atom. The molecule has 1 fully saturated rings. The molecule has 0 aliphatic carbocycles. The molecule has 4 heteroatoms. The molecule has 1 aliphatic rings. The van der Waals surface area contributed by atoms with Gasteiger partial charge in [-0.1, -0.05) is 0 Å². The van der Waals surface area contributed by atoms with Gasteiger partial charge >= 0.3 is 5.97 Å². The first-order valence-electron chi connectivity index (χ1n) is 4.79. The third-order valence-electron chi connectivity index (χ3n) is 2.20. The summed E-state index contributed by atoms with van der Waals surface area (Å²) >= 11 is 0. The van der Waals surface area contributed by atoms with Crippen LogP contribution >= 0.6 is 0 Å². The lowest BCUT2D eigenvalue weighted by Crippen LogP contribution is -2.43. The molecule has 1 aliphatic heterocycles. The van der Waals surface area contributed by atoms with E-state index >= 15 is 0 Å². The normalized spacial score (nSPS) is 25.9. The number of hydrogen-bond acceptors (Lipinski definition) is 4. The molecule has 14 heavy (non-hydrogen) atoms. The SMILES string of the molecule is CCOC(=O)[C@@H]1COC(C)(C)CC1=O. The van der Waals surface area contributed by atoms with Crippen molar-refractivity contribution in [1.82, 2.24) is 0 Å². The van der Waals surface area contributed by atoms with Crippen LogP contribution in [0.1, 0.15) is 27.2 Å². The third-order valence-corrected chi connectivity index (χ3v) is 2.20. The molecule has 0 unspecified atom stereocenters. The van der Waals surface area contributed by atoms with Gasteiger partial charge < -0.3 is 9.47 Å². The summed E-state index contributed by atoms with van der Waals surface area (Å²) in [6.07, 6.45) is 0.274. The highest BCUT2D eigenvalue weighted by atomic mass is 16.5. The summed E-state index contributed by atoms with van der Waals surface area (Å²) in [6, 6.07) is 0. The maximum atomic E-state index is 11.5. The highest BCUT2D eigenvalue weighted by Gasteiger charge is 2.38. The summed E-state index contributed by atoms with van der Waals surface area (Å²) in [5.41, 5.74) is -0.444. The van der Waals surface area contributed by atoms with Gasteiger partial charge in [-0.3, -0.25) is 9.59 Å². The van der Waals surface area contributed by atoms with Gasteiger partial charge in [0.15, 0.2) is 5.78 Å². The van der Waals surface area contributed by atoms with Crippen molar-refractivity contribution < 1.29 is 19.1 Å². The van der Waals surface area contributed by atoms with Crippen LogP contribution in [0.25, 0.3) is 0 Å². The van der Waals surface area contributed by atoms with Gasteiger partial charge in [0, 0.05) is 6.42 Å². The Kier molecular flexibility index (Phi) is 3.26. The quantitative estimate of drug-likeness (QED) is 0.491. The fraction of sp³-hybridized carbons (Fsp3) is 0.800. The molecular weight excluding hydrogens is 184 g/mol. The van der Waals surface area contributed by atoms with Gasteiger partial charge in [-0.25, -0.2) is 0 Å². The van der Waals surface area contributed by atoms with Crippen molar-refractivity contribution in [3.63, 3.8) is 0 Å². The van der Waals surface area contributed by atoms with E-state index in [-0.39, 0.29) is 18.8 Å². The molecule has 1 rings (SSSR count). The van der Waals surface area contributed by atoms with Crippen LogP contribution in [-0.2, 0) is 19.1 Å². The number of hydrogen-bond donors (Lipinski definition) is 0. The second-order valence-corrected chi connectivity index (χ2v) is 4.02. The molecule has 1 heterocycles. The Balaban J connectivity index is 2.58. The van der Waals surface area contributed by atoms with E-state index in [4.69, 9.17) is 9.47 Å². The predicted octanol–water partition coefficient (Wildman–Crippen LogP) is 0.934. The number of ketones is 1. The number of esters is 1. The fourth-order valence-corrected chi connectivity index (χ4v) is 1.44. The van der Waals surface area contributed by atoms with Crippen molar-refractivity contribution in [2.24, 2.45) is 5.92 Å². The fourth-order valence-electron chi connectivity index (χ4n) is 1.44. The molecule has 0 spiro atoms. The monoisotopic (exact) mass is 200 g/mol. The van der Waals surface area contributed by atoms with Crippen molar-refractivity contribution in [2.75, 3.05) is 13.2 Å². The topological polar surface area (TPSA) is 52.6 Å². The molecule has 1 atom stereocenters. The summed E-state index contributed by atoms with van der Waals surface area (Å²) in [5, 5.41) is 0. The van der Waals surface area contributed by atoms with E-state index in [1.807, 2.05) is 13.8 Å². The summed E-state index contributed by atoms with van der Waals surface area (Å²) in [7, 11) is 0. The van der Waals surface area contributed by atoms with Crippen molar-refractivity contribution in [3.05, 3.63) is 0 Å². The molecule has 0 bridgehead atoms. The van der Waals surface area contributed by atoms with Crippen LogP contribution in [0.2, 0.25) is 0 Å². The second-order valence-electron chi connectivity index (χ2n) is 4.02. The van der Waals surface area contributed by atoms with Crippen molar-refractivity contribution in [1.29, 1.82) is 0 Å². The average Bonchev–Trinajstić information content (AvgIpc) is 2.02.